The second-order valence-electron chi connectivity index (χ2n) is 6.80. The molecule has 1 atom stereocenters. The summed E-state index contributed by atoms with van der Waals surface area (Å²) in [6.45, 7) is 5.80. The first-order valence-corrected chi connectivity index (χ1v) is 8.78. The second-order valence-corrected chi connectivity index (χ2v) is 6.80. The molecule has 24 heavy (non-hydrogen) atoms. The number of carbonyl (C=O) groups excluding carboxylic acids is 1. The van der Waals surface area contributed by atoms with Crippen LogP contribution in [0.15, 0.2) is 35.1 Å². The molecule has 0 radical (unpaired) electrons. The number of rotatable bonds is 4. The number of likely N-dealkylation sites (tertiary alicyclic amines) is 1. The van der Waals surface area contributed by atoms with Gasteiger partial charge in [-0.15, -0.1) is 0 Å². The fourth-order valence-corrected chi connectivity index (χ4v) is 3.24. The Morgan fingerprint density at radius 2 is 2.25 bits per heavy atom. The van der Waals surface area contributed by atoms with Crippen LogP contribution in [0.3, 0.4) is 0 Å². The third-order valence-electron chi connectivity index (χ3n) is 4.37. The zero-order chi connectivity index (χ0) is 16.9. The van der Waals surface area contributed by atoms with E-state index in [0.717, 1.165) is 50.4 Å². The molecule has 0 bridgehead atoms. The number of hydrogen-bond acceptors (Lipinski definition) is 3. The highest BCUT2D eigenvalue weighted by atomic mass is 16.3. The van der Waals surface area contributed by atoms with Crippen LogP contribution in [0, 0.1) is 5.92 Å². The molecule has 1 aliphatic heterocycles. The van der Waals surface area contributed by atoms with Crippen molar-refractivity contribution in [3.05, 3.63) is 36.4 Å². The molecule has 1 saturated heterocycles. The molecule has 0 spiro atoms. The van der Waals surface area contributed by atoms with E-state index in [0.29, 0.717) is 5.92 Å². The monoisotopic (exact) mass is 330 g/mol. The van der Waals surface area contributed by atoms with E-state index >= 15 is 0 Å². The van der Waals surface area contributed by atoms with E-state index in [9.17, 15) is 4.79 Å². The number of nitrogens with zero attached hydrogens (tertiary/aromatic N) is 3. The Morgan fingerprint density at radius 1 is 1.38 bits per heavy atom. The van der Waals surface area contributed by atoms with Crippen molar-refractivity contribution in [3.63, 3.8) is 0 Å². The third kappa shape index (κ3) is 3.80. The number of anilines is 1. The highest BCUT2D eigenvalue weighted by Crippen LogP contribution is 2.31. The van der Waals surface area contributed by atoms with E-state index in [2.05, 4.69) is 24.3 Å². The third-order valence-corrected chi connectivity index (χ3v) is 4.37. The van der Waals surface area contributed by atoms with Gasteiger partial charge in [0.05, 0.1) is 18.5 Å². The SMILES string of the molecule is CC(C)Cn1nccc1NC(=O)N1CCCCC[C@@H]1c1ccco1. The lowest BCUT2D eigenvalue weighted by molar-refractivity contribution is 0.179. The summed E-state index contributed by atoms with van der Waals surface area (Å²) >= 11 is 0. The van der Waals surface area contributed by atoms with Gasteiger partial charge in [-0.3, -0.25) is 5.32 Å². The van der Waals surface area contributed by atoms with E-state index in [4.69, 9.17) is 4.42 Å². The van der Waals surface area contributed by atoms with Gasteiger partial charge in [0.1, 0.15) is 11.6 Å². The van der Waals surface area contributed by atoms with Gasteiger partial charge in [-0.2, -0.15) is 5.10 Å². The topological polar surface area (TPSA) is 63.3 Å². The quantitative estimate of drug-likeness (QED) is 0.910. The minimum Gasteiger partial charge on any atom is -0.467 e. The summed E-state index contributed by atoms with van der Waals surface area (Å²) in [6.07, 6.45) is 7.62. The summed E-state index contributed by atoms with van der Waals surface area (Å²) in [5.41, 5.74) is 0. The summed E-state index contributed by atoms with van der Waals surface area (Å²) < 4.78 is 7.43. The minimum absolute atomic E-state index is 0.00368. The number of nitrogens with one attached hydrogen (secondary N) is 1. The number of urea groups is 1. The Balaban J connectivity index is 1.75. The fourth-order valence-electron chi connectivity index (χ4n) is 3.24. The van der Waals surface area contributed by atoms with Crippen molar-refractivity contribution in [3.8, 4) is 0 Å². The first kappa shape index (κ1) is 16.6. The summed E-state index contributed by atoms with van der Waals surface area (Å²) in [5, 5.41) is 7.34. The average Bonchev–Trinajstić information content (AvgIpc) is 3.15. The lowest BCUT2D eigenvalue weighted by Gasteiger charge is -2.28. The molecule has 2 aromatic heterocycles. The van der Waals surface area contributed by atoms with E-state index in [1.54, 1.807) is 12.5 Å². The zero-order valence-electron chi connectivity index (χ0n) is 14.4. The molecule has 1 aliphatic rings. The molecule has 1 N–H and O–H groups in total. The molecule has 2 aromatic rings. The van der Waals surface area contributed by atoms with Crippen LogP contribution in [0.4, 0.5) is 10.6 Å². The number of furan rings is 1. The molecule has 0 aliphatic carbocycles. The Hall–Kier alpha value is -2.24. The van der Waals surface area contributed by atoms with Gasteiger partial charge in [0.2, 0.25) is 0 Å². The second kappa shape index (κ2) is 7.55. The van der Waals surface area contributed by atoms with Crippen molar-refractivity contribution >= 4 is 11.8 Å². The predicted molar refractivity (Wildman–Crippen MR) is 92.7 cm³/mol. The van der Waals surface area contributed by atoms with Crippen LogP contribution >= 0.6 is 0 Å². The highest BCUT2D eigenvalue weighted by Gasteiger charge is 2.29. The van der Waals surface area contributed by atoms with Crippen LogP contribution in [0.25, 0.3) is 0 Å². The Labute approximate surface area is 142 Å². The first-order chi connectivity index (χ1) is 11.6. The average molecular weight is 330 g/mol. The van der Waals surface area contributed by atoms with Gasteiger partial charge >= 0.3 is 6.03 Å². The van der Waals surface area contributed by atoms with Crippen LogP contribution in [0.5, 0.6) is 0 Å². The molecule has 130 valence electrons. The molecular weight excluding hydrogens is 304 g/mol. The van der Waals surface area contributed by atoms with Crippen molar-refractivity contribution in [1.29, 1.82) is 0 Å². The normalized spacial score (nSPS) is 18.6. The first-order valence-electron chi connectivity index (χ1n) is 8.78. The van der Waals surface area contributed by atoms with Gasteiger partial charge in [0.25, 0.3) is 0 Å². The van der Waals surface area contributed by atoms with Crippen molar-refractivity contribution in [1.82, 2.24) is 14.7 Å². The lowest BCUT2D eigenvalue weighted by Crippen LogP contribution is -2.38. The Kier molecular flexibility index (Phi) is 5.23. The molecule has 0 aromatic carbocycles. The van der Waals surface area contributed by atoms with Gasteiger partial charge < -0.3 is 9.32 Å². The summed E-state index contributed by atoms with van der Waals surface area (Å²) in [5.74, 6) is 2.08. The smallest absolute Gasteiger partial charge is 0.323 e. The van der Waals surface area contributed by atoms with Crippen LogP contribution in [0.2, 0.25) is 0 Å². The summed E-state index contributed by atoms with van der Waals surface area (Å²) in [6, 6.07) is 5.61. The summed E-state index contributed by atoms with van der Waals surface area (Å²) in [7, 11) is 0. The molecule has 6 heteroatoms. The van der Waals surface area contributed by atoms with Crippen molar-refractivity contribution in [2.45, 2.75) is 52.1 Å². The molecule has 0 unspecified atom stereocenters. The van der Waals surface area contributed by atoms with Crippen molar-refractivity contribution in [2.75, 3.05) is 11.9 Å². The fraction of sp³-hybridized carbons (Fsp3) is 0.556. The van der Waals surface area contributed by atoms with Crippen LogP contribution < -0.4 is 5.32 Å². The van der Waals surface area contributed by atoms with Gasteiger partial charge in [-0.1, -0.05) is 26.7 Å². The Morgan fingerprint density at radius 3 is 3.00 bits per heavy atom. The van der Waals surface area contributed by atoms with Crippen LogP contribution in [-0.2, 0) is 6.54 Å². The predicted octanol–water partition coefficient (Wildman–Crippen LogP) is 4.28. The van der Waals surface area contributed by atoms with Crippen LogP contribution in [0.1, 0.15) is 51.3 Å². The van der Waals surface area contributed by atoms with E-state index in [1.807, 2.05) is 27.8 Å². The lowest BCUT2D eigenvalue weighted by atomic mass is 10.1. The number of amides is 2. The van der Waals surface area contributed by atoms with Gasteiger partial charge in [-0.05, 0) is 30.9 Å². The summed E-state index contributed by atoms with van der Waals surface area (Å²) in [4.78, 5) is 14.8. The number of carbonyl (C=O) groups is 1. The van der Waals surface area contributed by atoms with Gasteiger partial charge in [-0.25, -0.2) is 9.48 Å². The van der Waals surface area contributed by atoms with E-state index in [-0.39, 0.29) is 12.1 Å². The molecule has 2 amide bonds. The maximum atomic E-state index is 12.9. The minimum atomic E-state index is -0.0798. The molecule has 3 heterocycles. The molecule has 1 fully saturated rings. The highest BCUT2D eigenvalue weighted by molar-refractivity contribution is 5.88. The standard InChI is InChI=1S/C18H26N4O2/c1-14(2)13-22-17(9-10-19-22)20-18(23)21-11-5-3-4-7-15(21)16-8-6-12-24-16/h6,8-10,12,14-15H,3-5,7,11,13H2,1-2H3,(H,20,23)/t15-/m1/s1. The van der Waals surface area contributed by atoms with E-state index < -0.39 is 0 Å². The maximum Gasteiger partial charge on any atom is 0.323 e. The molecule has 3 rings (SSSR count). The van der Waals surface area contributed by atoms with Crippen molar-refractivity contribution < 1.29 is 9.21 Å². The van der Waals surface area contributed by atoms with Crippen molar-refractivity contribution in [2.24, 2.45) is 5.92 Å². The maximum absolute atomic E-state index is 12.9. The van der Waals surface area contributed by atoms with E-state index in [1.165, 1.54) is 0 Å². The van der Waals surface area contributed by atoms with Gasteiger partial charge in [0, 0.05) is 19.2 Å². The number of hydrogen-bond donors (Lipinski definition) is 1. The zero-order valence-corrected chi connectivity index (χ0v) is 14.4. The number of aromatic nitrogens is 2. The molecule has 6 nitrogen and oxygen atoms in total. The molecular formula is C18H26N4O2. The van der Waals surface area contributed by atoms with Gasteiger partial charge in [0.15, 0.2) is 0 Å². The largest absolute Gasteiger partial charge is 0.467 e. The Bertz CT molecular complexity index is 648. The molecule has 0 saturated carbocycles. The van der Waals surface area contributed by atoms with Crippen LogP contribution in [-0.4, -0.2) is 27.3 Å².